The molecule has 0 saturated heterocycles. The van der Waals surface area contributed by atoms with Gasteiger partial charge in [0.1, 0.15) is 0 Å². The summed E-state index contributed by atoms with van der Waals surface area (Å²) in [6.45, 7) is 2.89. The summed E-state index contributed by atoms with van der Waals surface area (Å²) >= 11 is 1.74. The molecule has 0 saturated carbocycles. The van der Waals surface area contributed by atoms with E-state index in [-0.39, 0.29) is 0 Å². The van der Waals surface area contributed by atoms with Crippen molar-refractivity contribution in [3.8, 4) is 0 Å². The lowest BCUT2D eigenvalue weighted by Gasteiger charge is -1.84. The Morgan fingerprint density at radius 2 is 1.87 bits per heavy atom. The maximum absolute atomic E-state index is 9.33. The quantitative estimate of drug-likeness (QED) is 0.699. The highest BCUT2D eigenvalue weighted by Crippen LogP contribution is 2.26. The predicted molar refractivity (Wildman–Crippen MR) is 62.3 cm³/mol. The van der Waals surface area contributed by atoms with Gasteiger partial charge in [0.15, 0.2) is 0 Å². The predicted octanol–water partition coefficient (Wildman–Crippen LogP) is 2.40. The molecule has 1 heterocycles. The molecule has 0 aliphatic rings. The number of fused-ring (bicyclic) bond motifs is 1. The highest BCUT2D eigenvalue weighted by Gasteiger charge is 1.96. The lowest BCUT2D eigenvalue weighted by molar-refractivity contribution is 0.381. The second-order valence-electron chi connectivity index (χ2n) is 3.04. The van der Waals surface area contributed by atoms with Gasteiger partial charge in [0.05, 0.1) is 15.2 Å². The number of para-hydroxylation sites is 1. The number of benzene rings is 1. The number of rotatable bonds is 0. The van der Waals surface area contributed by atoms with Gasteiger partial charge in [0, 0.05) is 6.66 Å². The van der Waals surface area contributed by atoms with Crippen LogP contribution in [0, 0.1) is 6.92 Å². The van der Waals surface area contributed by atoms with Gasteiger partial charge in [0.2, 0.25) is 0 Å². The lowest BCUT2D eigenvalue weighted by atomic mass is 10.3. The first kappa shape index (κ1) is 12.3. The fourth-order valence-corrected chi connectivity index (χ4v) is 1.81. The van der Waals surface area contributed by atoms with E-state index >= 15 is 0 Å². The number of hydrogen-bond acceptors (Lipinski definition) is 3. The smallest absolute Gasteiger partial charge is 0.322 e. The second kappa shape index (κ2) is 4.86. The van der Waals surface area contributed by atoms with E-state index in [2.05, 4.69) is 11.1 Å². The van der Waals surface area contributed by atoms with Gasteiger partial charge in [0.25, 0.3) is 0 Å². The standard InChI is InChI=1S/C8H7NS.CH5O3P/c1-6-9-7-4-2-3-5-8(7)10-6;1-5(2,3)4/h2-5H,1H3;1H3,(H2,2,3,4). The summed E-state index contributed by atoms with van der Waals surface area (Å²) in [5, 5.41) is 1.14. The van der Waals surface area contributed by atoms with Crippen LogP contribution in [0.4, 0.5) is 0 Å². The van der Waals surface area contributed by atoms with Crippen molar-refractivity contribution in [2.24, 2.45) is 0 Å². The molecule has 0 aliphatic heterocycles. The molecule has 1 aromatic heterocycles. The molecule has 6 heteroatoms. The summed E-state index contributed by atoms with van der Waals surface area (Å²) < 4.78 is 10.6. The highest BCUT2D eigenvalue weighted by molar-refractivity contribution is 7.50. The van der Waals surface area contributed by atoms with Gasteiger partial charge in [-0.2, -0.15) is 0 Å². The van der Waals surface area contributed by atoms with Gasteiger partial charge in [-0.15, -0.1) is 11.3 Å². The van der Waals surface area contributed by atoms with E-state index in [4.69, 9.17) is 9.79 Å². The molecule has 1 aromatic carbocycles. The Morgan fingerprint density at radius 3 is 2.40 bits per heavy atom. The summed E-state index contributed by atoms with van der Waals surface area (Å²) in [6.07, 6.45) is 0. The van der Waals surface area contributed by atoms with E-state index in [0.29, 0.717) is 0 Å². The van der Waals surface area contributed by atoms with Crippen LogP contribution < -0.4 is 0 Å². The molecular formula is C9H12NO3PS. The normalized spacial score (nSPS) is 10.9. The maximum atomic E-state index is 9.33. The first-order valence-electron chi connectivity index (χ1n) is 4.21. The lowest BCUT2D eigenvalue weighted by Crippen LogP contribution is -1.65. The first-order chi connectivity index (χ1) is 6.86. The van der Waals surface area contributed by atoms with Gasteiger partial charge in [-0.3, -0.25) is 4.57 Å². The number of nitrogens with zero attached hydrogens (tertiary/aromatic N) is 1. The molecule has 0 atom stereocenters. The molecule has 0 bridgehead atoms. The SMILES string of the molecule is CP(=O)(O)O.Cc1nc2ccccc2s1. The molecule has 4 nitrogen and oxygen atoms in total. The summed E-state index contributed by atoms with van der Waals surface area (Å²) in [5.41, 5.74) is 1.12. The maximum Gasteiger partial charge on any atom is 0.322 e. The Labute approximate surface area is 91.8 Å². The van der Waals surface area contributed by atoms with E-state index in [1.54, 1.807) is 11.3 Å². The molecule has 2 rings (SSSR count). The van der Waals surface area contributed by atoms with Crippen LogP contribution in [-0.4, -0.2) is 21.4 Å². The van der Waals surface area contributed by atoms with Crippen molar-refractivity contribution in [1.82, 2.24) is 4.98 Å². The van der Waals surface area contributed by atoms with Gasteiger partial charge >= 0.3 is 7.60 Å². The zero-order valence-corrected chi connectivity index (χ0v) is 10.1. The minimum atomic E-state index is -3.64. The fraction of sp³-hybridized carbons (Fsp3) is 0.222. The van der Waals surface area contributed by atoms with Crippen LogP contribution in [0.15, 0.2) is 24.3 Å². The molecule has 0 fully saturated rings. The monoisotopic (exact) mass is 245 g/mol. The van der Waals surface area contributed by atoms with Gasteiger partial charge in [-0.05, 0) is 19.1 Å². The number of hydrogen-bond donors (Lipinski definition) is 2. The Hall–Kier alpha value is -0.740. The van der Waals surface area contributed by atoms with E-state index < -0.39 is 7.60 Å². The molecular weight excluding hydrogens is 233 g/mol. The first-order valence-corrected chi connectivity index (χ1v) is 7.09. The molecule has 82 valence electrons. The van der Waals surface area contributed by atoms with Crippen molar-refractivity contribution >= 4 is 29.1 Å². The molecule has 0 radical (unpaired) electrons. The van der Waals surface area contributed by atoms with E-state index in [0.717, 1.165) is 17.2 Å². The molecule has 0 amide bonds. The number of aryl methyl sites for hydroxylation is 1. The van der Waals surface area contributed by atoms with Crippen LogP contribution in [0.25, 0.3) is 10.2 Å². The Bertz CT molecular complexity index is 450. The Morgan fingerprint density at radius 1 is 1.33 bits per heavy atom. The van der Waals surface area contributed by atoms with E-state index in [1.165, 1.54) is 4.70 Å². The van der Waals surface area contributed by atoms with Crippen molar-refractivity contribution in [3.05, 3.63) is 29.3 Å². The summed E-state index contributed by atoms with van der Waals surface area (Å²) in [6, 6.07) is 8.19. The molecule has 2 aromatic rings. The molecule has 15 heavy (non-hydrogen) atoms. The van der Waals surface area contributed by atoms with Crippen molar-refractivity contribution in [3.63, 3.8) is 0 Å². The minimum absolute atomic E-state index is 0.854. The zero-order valence-electron chi connectivity index (χ0n) is 8.41. The Balaban J connectivity index is 0.000000195. The van der Waals surface area contributed by atoms with E-state index in [9.17, 15) is 4.57 Å². The average molecular weight is 245 g/mol. The summed E-state index contributed by atoms with van der Waals surface area (Å²) in [7, 11) is -3.64. The van der Waals surface area contributed by atoms with Gasteiger partial charge in [-0.25, -0.2) is 4.98 Å². The number of thiazole rings is 1. The average Bonchev–Trinajstić information content (AvgIpc) is 2.40. The largest absolute Gasteiger partial charge is 0.325 e. The third-order valence-electron chi connectivity index (χ3n) is 1.40. The topological polar surface area (TPSA) is 70.4 Å². The third kappa shape index (κ3) is 5.04. The third-order valence-corrected chi connectivity index (χ3v) is 2.35. The van der Waals surface area contributed by atoms with Crippen LogP contribution >= 0.6 is 18.9 Å². The van der Waals surface area contributed by atoms with Crippen molar-refractivity contribution in [2.75, 3.05) is 6.66 Å². The molecule has 0 aliphatic carbocycles. The zero-order chi connectivity index (χ0) is 11.5. The summed E-state index contributed by atoms with van der Waals surface area (Å²) in [5.74, 6) is 0. The highest BCUT2D eigenvalue weighted by atomic mass is 32.1. The van der Waals surface area contributed by atoms with Crippen molar-refractivity contribution in [1.29, 1.82) is 0 Å². The van der Waals surface area contributed by atoms with Crippen molar-refractivity contribution in [2.45, 2.75) is 6.92 Å². The number of aromatic nitrogens is 1. The Kier molecular flexibility index (Phi) is 3.99. The minimum Gasteiger partial charge on any atom is -0.325 e. The fourth-order valence-electron chi connectivity index (χ4n) is 0.987. The summed E-state index contributed by atoms with van der Waals surface area (Å²) in [4.78, 5) is 19.6. The molecule has 2 N–H and O–H groups in total. The van der Waals surface area contributed by atoms with Crippen LogP contribution in [-0.2, 0) is 4.57 Å². The van der Waals surface area contributed by atoms with Crippen LogP contribution in [0.1, 0.15) is 5.01 Å². The molecule has 0 spiro atoms. The van der Waals surface area contributed by atoms with Crippen LogP contribution in [0.5, 0.6) is 0 Å². The van der Waals surface area contributed by atoms with E-state index in [1.807, 2.05) is 25.1 Å². The van der Waals surface area contributed by atoms with Crippen molar-refractivity contribution < 1.29 is 14.4 Å². The van der Waals surface area contributed by atoms with Gasteiger partial charge < -0.3 is 9.79 Å². The molecule has 0 unspecified atom stereocenters. The van der Waals surface area contributed by atoms with Crippen LogP contribution in [0.3, 0.4) is 0 Å². The van der Waals surface area contributed by atoms with Crippen LogP contribution in [0.2, 0.25) is 0 Å². The second-order valence-corrected chi connectivity index (χ2v) is 5.94. The van der Waals surface area contributed by atoms with Gasteiger partial charge in [-0.1, -0.05) is 12.1 Å².